The molecule has 0 radical (unpaired) electrons. The van der Waals surface area contributed by atoms with E-state index in [1.54, 1.807) is 12.0 Å². The average molecular weight is 184 g/mol. The van der Waals surface area contributed by atoms with Crippen LogP contribution in [-0.4, -0.2) is 43.9 Å². The van der Waals surface area contributed by atoms with Crippen LogP contribution in [0.2, 0.25) is 0 Å². The Hall–Kier alpha value is -1.28. The van der Waals surface area contributed by atoms with Gasteiger partial charge in [-0.25, -0.2) is 4.79 Å². The van der Waals surface area contributed by atoms with E-state index < -0.39 is 0 Å². The van der Waals surface area contributed by atoms with Gasteiger partial charge in [0.15, 0.2) is 0 Å². The number of carbonyl (C=O) groups excluding carboxylic acids is 1. The number of nitriles is 1. The molecule has 0 aromatic rings. The second-order valence-electron chi connectivity index (χ2n) is 2.81. The Bertz CT molecular complexity index is 224. The molecular weight excluding hydrogens is 172 g/mol. The summed E-state index contributed by atoms with van der Waals surface area (Å²) in [4.78, 5) is 12.7. The summed E-state index contributed by atoms with van der Waals surface area (Å²) in [5, 5.41) is 8.39. The maximum Gasteiger partial charge on any atom is 0.410 e. The SMILES string of the molecule is COCCN1CC(CC#N)OC1=O. The van der Waals surface area contributed by atoms with Crippen LogP contribution in [0, 0.1) is 11.3 Å². The van der Waals surface area contributed by atoms with Crippen molar-refractivity contribution in [2.24, 2.45) is 0 Å². The summed E-state index contributed by atoms with van der Waals surface area (Å²) in [5.41, 5.74) is 0. The Labute approximate surface area is 76.8 Å². The van der Waals surface area contributed by atoms with Crippen molar-refractivity contribution in [1.82, 2.24) is 4.90 Å². The summed E-state index contributed by atoms with van der Waals surface area (Å²) in [5.74, 6) is 0. The van der Waals surface area contributed by atoms with Crippen molar-refractivity contribution < 1.29 is 14.3 Å². The van der Waals surface area contributed by atoms with E-state index in [9.17, 15) is 4.79 Å². The Morgan fingerprint density at radius 2 is 2.62 bits per heavy atom. The topological polar surface area (TPSA) is 62.6 Å². The third-order valence-electron chi connectivity index (χ3n) is 1.83. The van der Waals surface area contributed by atoms with Gasteiger partial charge < -0.3 is 14.4 Å². The van der Waals surface area contributed by atoms with Crippen LogP contribution in [0.25, 0.3) is 0 Å². The Morgan fingerprint density at radius 3 is 3.23 bits per heavy atom. The van der Waals surface area contributed by atoms with Gasteiger partial charge in [-0.3, -0.25) is 0 Å². The zero-order valence-corrected chi connectivity index (χ0v) is 7.52. The summed E-state index contributed by atoms with van der Waals surface area (Å²) in [6.45, 7) is 1.52. The molecule has 0 bridgehead atoms. The van der Waals surface area contributed by atoms with Crippen molar-refractivity contribution in [3.63, 3.8) is 0 Å². The molecule has 1 aliphatic heterocycles. The third kappa shape index (κ3) is 2.60. The first-order chi connectivity index (χ1) is 6.27. The van der Waals surface area contributed by atoms with Gasteiger partial charge in [-0.15, -0.1) is 0 Å². The van der Waals surface area contributed by atoms with Gasteiger partial charge in [0.1, 0.15) is 6.10 Å². The lowest BCUT2D eigenvalue weighted by molar-refractivity contribution is 0.126. The molecule has 1 atom stereocenters. The maximum atomic E-state index is 11.1. The molecule has 0 N–H and O–H groups in total. The van der Waals surface area contributed by atoms with Gasteiger partial charge in [0, 0.05) is 13.7 Å². The minimum atomic E-state index is -0.350. The lowest BCUT2D eigenvalue weighted by Crippen LogP contribution is -2.28. The lowest BCUT2D eigenvalue weighted by atomic mass is 10.3. The molecule has 0 aromatic carbocycles. The minimum Gasteiger partial charge on any atom is -0.443 e. The normalized spacial score (nSPS) is 21.4. The molecule has 0 saturated carbocycles. The fraction of sp³-hybridized carbons (Fsp3) is 0.750. The van der Waals surface area contributed by atoms with Gasteiger partial charge >= 0.3 is 6.09 Å². The molecule has 1 amide bonds. The van der Waals surface area contributed by atoms with Gasteiger partial charge in [-0.1, -0.05) is 0 Å². The summed E-state index contributed by atoms with van der Waals surface area (Å²) >= 11 is 0. The fourth-order valence-corrected chi connectivity index (χ4v) is 1.17. The van der Waals surface area contributed by atoms with Crippen molar-refractivity contribution in [3.8, 4) is 6.07 Å². The summed E-state index contributed by atoms with van der Waals surface area (Å²) < 4.78 is 9.75. The van der Waals surface area contributed by atoms with E-state index >= 15 is 0 Å². The number of methoxy groups -OCH3 is 1. The van der Waals surface area contributed by atoms with E-state index in [-0.39, 0.29) is 18.6 Å². The van der Waals surface area contributed by atoms with Crippen molar-refractivity contribution in [1.29, 1.82) is 5.26 Å². The molecule has 13 heavy (non-hydrogen) atoms. The monoisotopic (exact) mass is 184 g/mol. The van der Waals surface area contributed by atoms with E-state index in [1.807, 2.05) is 6.07 Å². The molecular formula is C8H12N2O3. The second-order valence-corrected chi connectivity index (χ2v) is 2.81. The highest BCUT2D eigenvalue weighted by Gasteiger charge is 2.30. The number of hydrogen-bond acceptors (Lipinski definition) is 4. The van der Waals surface area contributed by atoms with Crippen molar-refractivity contribution in [2.75, 3.05) is 26.8 Å². The van der Waals surface area contributed by atoms with Crippen LogP contribution >= 0.6 is 0 Å². The molecule has 0 spiro atoms. The maximum absolute atomic E-state index is 11.1. The highest BCUT2D eigenvalue weighted by Crippen LogP contribution is 2.12. The zero-order chi connectivity index (χ0) is 9.68. The van der Waals surface area contributed by atoms with Crippen molar-refractivity contribution >= 4 is 6.09 Å². The molecule has 5 heteroatoms. The predicted molar refractivity (Wildman–Crippen MR) is 43.9 cm³/mol. The van der Waals surface area contributed by atoms with Crippen LogP contribution in [0.3, 0.4) is 0 Å². The quantitative estimate of drug-likeness (QED) is 0.633. The predicted octanol–water partition coefficient (Wildman–Crippen LogP) is 0.367. The highest BCUT2D eigenvalue weighted by molar-refractivity contribution is 5.69. The fourth-order valence-electron chi connectivity index (χ4n) is 1.17. The standard InChI is InChI=1S/C8H12N2O3/c1-12-5-4-10-6-7(2-3-9)13-8(10)11/h7H,2,4-6H2,1H3. The number of carbonyl (C=O) groups is 1. The number of hydrogen-bond donors (Lipinski definition) is 0. The molecule has 1 aliphatic rings. The Balaban J connectivity index is 2.34. The number of rotatable bonds is 4. The van der Waals surface area contributed by atoms with E-state index in [2.05, 4.69) is 0 Å². The zero-order valence-electron chi connectivity index (χ0n) is 7.52. The lowest BCUT2D eigenvalue weighted by Gasteiger charge is -2.10. The van der Waals surface area contributed by atoms with Gasteiger partial charge in [0.25, 0.3) is 0 Å². The molecule has 72 valence electrons. The first-order valence-electron chi connectivity index (χ1n) is 4.09. The smallest absolute Gasteiger partial charge is 0.410 e. The largest absolute Gasteiger partial charge is 0.443 e. The minimum absolute atomic E-state index is 0.259. The first kappa shape index (κ1) is 9.81. The molecule has 1 heterocycles. The molecule has 1 fully saturated rings. The molecule has 5 nitrogen and oxygen atoms in total. The van der Waals surface area contributed by atoms with E-state index in [1.165, 1.54) is 0 Å². The number of ether oxygens (including phenoxy) is 2. The third-order valence-corrected chi connectivity index (χ3v) is 1.83. The summed E-state index contributed by atoms with van der Waals surface area (Å²) in [6, 6.07) is 1.97. The summed E-state index contributed by atoms with van der Waals surface area (Å²) in [6.07, 6.45) is -0.360. The Morgan fingerprint density at radius 1 is 1.85 bits per heavy atom. The molecule has 1 saturated heterocycles. The van der Waals surface area contributed by atoms with E-state index in [0.717, 1.165) is 0 Å². The van der Waals surface area contributed by atoms with Crippen LogP contribution in [0.1, 0.15) is 6.42 Å². The molecule has 0 aromatic heterocycles. The van der Waals surface area contributed by atoms with Gasteiger partial charge in [0.05, 0.1) is 25.6 Å². The van der Waals surface area contributed by atoms with Crippen molar-refractivity contribution in [3.05, 3.63) is 0 Å². The van der Waals surface area contributed by atoms with Gasteiger partial charge in [0.2, 0.25) is 0 Å². The van der Waals surface area contributed by atoms with Crippen LogP contribution in [0.5, 0.6) is 0 Å². The van der Waals surface area contributed by atoms with E-state index in [0.29, 0.717) is 19.7 Å². The van der Waals surface area contributed by atoms with Gasteiger partial charge in [-0.2, -0.15) is 5.26 Å². The van der Waals surface area contributed by atoms with Crippen LogP contribution in [0.4, 0.5) is 4.79 Å². The number of cyclic esters (lactones) is 1. The van der Waals surface area contributed by atoms with Crippen LogP contribution in [-0.2, 0) is 9.47 Å². The number of nitrogens with zero attached hydrogens (tertiary/aromatic N) is 2. The Kier molecular flexibility index (Phi) is 3.53. The average Bonchev–Trinajstić information content (AvgIpc) is 2.44. The van der Waals surface area contributed by atoms with Gasteiger partial charge in [-0.05, 0) is 0 Å². The second kappa shape index (κ2) is 4.67. The summed E-state index contributed by atoms with van der Waals surface area (Å²) in [7, 11) is 1.58. The van der Waals surface area contributed by atoms with Crippen LogP contribution < -0.4 is 0 Å². The first-order valence-corrected chi connectivity index (χ1v) is 4.09. The molecule has 1 rings (SSSR count). The number of amides is 1. The highest BCUT2D eigenvalue weighted by atomic mass is 16.6. The molecule has 1 unspecified atom stereocenters. The molecule has 0 aliphatic carbocycles. The van der Waals surface area contributed by atoms with Crippen molar-refractivity contribution in [2.45, 2.75) is 12.5 Å². The van der Waals surface area contributed by atoms with E-state index in [4.69, 9.17) is 14.7 Å². The van der Waals surface area contributed by atoms with Crippen LogP contribution in [0.15, 0.2) is 0 Å².